The fourth-order valence-electron chi connectivity index (χ4n) is 1.46. The van der Waals surface area contributed by atoms with Crippen molar-refractivity contribution in [3.8, 4) is 0 Å². The summed E-state index contributed by atoms with van der Waals surface area (Å²) in [5.41, 5.74) is 7.51. The normalized spacial score (nSPS) is 10.8. The lowest BCUT2D eigenvalue weighted by Crippen LogP contribution is -1.81. The molecule has 0 aliphatic rings. The lowest BCUT2D eigenvalue weighted by atomic mass is 10.3. The molecule has 0 saturated heterocycles. The van der Waals surface area contributed by atoms with E-state index in [2.05, 4.69) is 9.97 Å². The number of anilines is 1. The van der Waals surface area contributed by atoms with E-state index in [9.17, 15) is 0 Å². The molecule has 3 rings (SSSR count). The maximum atomic E-state index is 5.75. The van der Waals surface area contributed by atoms with Crippen molar-refractivity contribution in [1.82, 2.24) is 9.97 Å². The van der Waals surface area contributed by atoms with Crippen LogP contribution in [0.5, 0.6) is 0 Å². The minimum absolute atomic E-state index is 0.774. The molecule has 3 nitrogen and oxygen atoms in total. The minimum atomic E-state index is 0.774. The second-order valence-electron chi connectivity index (χ2n) is 3.48. The van der Waals surface area contributed by atoms with Gasteiger partial charge in [0, 0.05) is 11.9 Å². The summed E-state index contributed by atoms with van der Waals surface area (Å²) in [6, 6.07) is 11.6. The Morgan fingerprint density at radius 3 is 2.94 bits per heavy atom. The number of aromatic nitrogens is 2. The average molecular weight is 259 g/mol. The molecule has 2 aromatic heterocycles. The van der Waals surface area contributed by atoms with Crippen LogP contribution < -0.4 is 5.73 Å². The van der Waals surface area contributed by atoms with E-state index in [0.717, 1.165) is 25.3 Å². The molecule has 0 saturated carbocycles. The smallest absolute Gasteiger partial charge is 0.157 e. The molecule has 3 aromatic rings. The third kappa shape index (κ3) is 2.25. The highest BCUT2D eigenvalue weighted by molar-refractivity contribution is 8.01. The van der Waals surface area contributed by atoms with Gasteiger partial charge in [0.1, 0.15) is 5.03 Å². The Balaban J connectivity index is 1.96. The number of hydrogen-bond donors (Lipinski definition) is 1. The Bertz CT molecular complexity index is 649. The maximum Gasteiger partial charge on any atom is 0.157 e. The third-order valence-electron chi connectivity index (χ3n) is 2.22. The number of thiazole rings is 1. The highest BCUT2D eigenvalue weighted by atomic mass is 32.2. The first-order valence-electron chi connectivity index (χ1n) is 5.06. The average Bonchev–Trinajstić information content (AvgIpc) is 2.71. The van der Waals surface area contributed by atoms with Crippen molar-refractivity contribution in [2.24, 2.45) is 0 Å². The lowest BCUT2D eigenvalue weighted by molar-refractivity contribution is 1.13. The van der Waals surface area contributed by atoms with Crippen LogP contribution in [0.15, 0.2) is 52.0 Å². The first-order chi connectivity index (χ1) is 8.31. The van der Waals surface area contributed by atoms with Gasteiger partial charge < -0.3 is 5.73 Å². The number of fused-ring (bicyclic) bond motifs is 1. The molecule has 0 bridgehead atoms. The van der Waals surface area contributed by atoms with Crippen LogP contribution in [0.1, 0.15) is 0 Å². The van der Waals surface area contributed by atoms with Crippen molar-refractivity contribution in [2.45, 2.75) is 9.37 Å². The summed E-state index contributed by atoms with van der Waals surface area (Å²) in [6.45, 7) is 0. The highest BCUT2D eigenvalue weighted by Gasteiger charge is 2.06. The molecule has 0 atom stereocenters. The summed E-state index contributed by atoms with van der Waals surface area (Å²) >= 11 is 3.21. The molecule has 5 heteroatoms. The van der Waals surface area contributed by atoms with Gasteiger partial charge in [0.2, 0.25) is 0 Å². The van der Waals surface area contributed by atoms with Crippen molar-refractivity contribution >= 4 is 39.0 Å². The van der Waals surface area contributed by atoms with Crippen molar-refractivity contribution in [1.29, 1.82) is 0 Å². The zero-order valence-electron chi connectivity index (χ0n) is 8.83. The van der Waals surface area contributed by atoms with E-state index in [4.69, 9.17) is 5.73 Å². The molecular formula is C12H9N3S2. The van der Waals surface area contributed by atoms with E-state index in [1.807, 2.05) is 36.4 Å². The zero-order chi connectivity index (χ0) is 11.7. The molecule has 0 aliphatic carbocycles. The topological polar surface area (TPSA) is 51.8 Å². The van der Waals surface area contributed by atoms with Crippen LogP contribution in [-0.2, 0) is 0 Å². The predicted octanol–water partition coefficient (Wildman–Crippen LogP) is 3.42. The Hall–Kier alpha value is -1.59. The maximum absolute atomic E-state index is 5.75. The highest BCUT2D eigenvalue weighted by Crippen LogP contribution is 2.33. The van der Waals surface area contributed by atoms with Crippen LogP contribution in [0.3, 0.4) is 0 Å². The van der Waals surface area contributed by atoms with Gasteiger partial charge in [0.05, 0.1) is 10.2 Å². The fraction of sp³-hybridized carbons (Fsp3) is 0. The van der Waals surface area contributed by atoms with Gasteiger partial charge in [-0.25, -0.2) is 9.97 Å². The van der Waals surface area contributed by atoms with E-state index in [-0.39, 0.29) is 0 Å². The van der Waals surface area contributed by atoms with Gasteiger partial charge in [-0.15, -0.1) is 11.3 Å². The van der Waals surface area contributed by atoms with Gasteiger partial charge in [0.15, 0.2) is 4.34 Å². The Morgan fingerprint density at radius 1 is 1.18 bits per heavy atom. The largest absolute Gasteiger partial charge is 0.399 e. The second kappa shape index (κ2) is 4.35. The first-order valence-corrected chi connectivity index (χ1v) is 6.69. The second-order valence-corrected chi connectivity index (χ2v) is 5.78. The van der Waals surface area contributed by atoms with Crippen molar-refractivity contribution in [3.63, 3.8) is 0 Å². The third-order valence-corrected chi connectivity index (χ3v) is 4.25. The molecule has 84 valence electrons. The predicted molar refractivity (Wildman–Crippen MR) is 72.4 cm³/mol. The number of nitrogens with zero attached hydrogens (tertiary/aromatic N) is 2. The summed E-state index contributed by atoms with van der Waals surface area (Å²) in [4.78, 5) is 8.80. The molecule has 17 heavy (non-hydrogen) atoms. The first kappa shape index (κ1) is 10.6. The van der Waals surface area contributed by atoms with Crippen LogP contribution in [-0.4, -0.2) is 9.97 Å². The van der Waals surface area contributed by atoms with Crippen molar-refractivity contribution < 1.29 is 0 Å². The van der Waals surface area contributed by atoms with Crippen LogP contribution in [0.25, 0.3) is 10.2 Å². The van der Waals surface area contributed by atoms with Gasteiger partial charge in [-0.2, -0.15) is 0 Å². The Morgan fingerprint density at radius 2 is 2.12 bits per heavy atom. The zero-order valence-corrected chi connectivity index (χ0v) is 10.5. The Kier molecular flexibility index (Phi) is 2.70. The van der Waals surface area contributed by atoms with Gasteiger partial charge in [-0.3, -0.25) is 0 Å². The molecule has 0 spiro atoms. The molecule has 0 fully saturated rings. The Labute approximate surface area is 107 Å². The van der Waals surface area contributed by atoms with Gasteiger partial charge in [-0.05, 0) is 42.1 Å². The summed E-state index contributed by atoms with van der Waals surface area (Å²) in [6.07, 6.45) is 1.79. The number of pyridine rings is 1. The van der Waals surface area contributed by atoms with E-state index in [0.29, 0.717) is 0 Å². The van der Waals surface area contributed by atoms with E-state index in [1.165, 1.54) is 0 Å². The van der Waals surface area contributed by atoms with E-state index < -0.39 is 0 Å². The number of nitrogens with two attached hydrogens (primary N) is 1. The van der Waals surface area contributed by atoms with Crippen LogP contribution in [0.2, 0.25) is 0 Å². The summed E-state index contributed by atoms with van der Waals surface area (Å²) in [7, 11) is 0. The SMILES string of the molecule is Nc1ccc2nc(Sc3ccccn3)sc2c1. The monoisotopic (exact) mass is 259 g/mol. The molecule has 1 aromatic carbocycles. The van der Waals surface area contributed by atoms with E-state index >= 15 is 0 Å². The van der Waals surface area contributed by atoms with Gasteiger partial charge in [-0.1, -0.05) is 6.07 Å². The molecule has 0 unspecified atom stereocenters. The lowest BCUT2D eigenvalue weighted by Gasteiger charge is -1.93. The summed E-state index contributed by atoms with van der Waals surface area (Å²) in [5.74, 6) is 0. The summed E-state index contributed by atoms with van der Waals surface area (Å²) in [5, 5.41) is 0.958. The standard InChI is InChI=1S/C12H9N3S2/c13-8-4-5-9-10(7-8)16-12(15-9)17-11-3-1-2-6-14-11/h1-7H,13H2. The molecule has 0 amide bonds. The number of benzene rings is 1. The molecular weight excluding hydrogens is 250 g/mol. The summed E-state index contributed by atoms with van der Waals surface area (Å²) < 4.78 is 2.10. The van der Waals surface area contributed by atoms with Crippen LogP contribution >= 0.6 is 23.1 Å². The van der Waals surface area contributed by atoms with Gasteiger partial charge in [0.25, 0.3) is 0 Å². The van der Waals surface area contributed by atoms with E-state index in [1.54, 1.807) is 29.3 Å². The number of rotatable bonds is 2. The van der Waals surface area contributed by atoms with Gasteiger partial charge >= 0.3 is 0 Å². The molecule has 2 heterocycles. The van der Waals surface area contributed by atoms with Crippen LogP contribution in [0.4, 0.5) is 5.69 Å². The minimum Gasteiger partial charge on any atom is -0.399 e. The van der Waals surface area contributed by atoms with Crippen LogP contribution in [0, 0.1) is 0 Å². The molecule has 0 aliphatic heterocycles. The number of hydrogen-bond acceptors (Lipinski definition) is 5. The van der Waals surface area contributed by atoms with Crippen molar-refractivity contribution in [3.05, 3.63) is 42.6 Å². The number of nitrogen functional groups attached to an aromatic ring is 1. The fourth-order valence-corrected chi connectivity index (χ4v) is 3.48. The molecule has 2 N–H and O–H groups in total. The van der Waals surface area contributed by atoms with Crippen molar-refractivity contribution in [2.75, 3.05) is 5.73 Å². The quantitative estimate of drug-likeness (QED) is 0.716. The molecule has 0 radical (unpaired) electrons.